The standard InChI is InChI=1S/C49H48F2N4O8S2/c1-6-63-41-22-33-34(23-40(41)60-3)44(52-37-15-18-64-26-35(33)37)28-7-9-29(10-8-28)47(56)53-16-13-31(14-17-53)55-48(57)46-38(24-43(65-46)32-12-11-30(50)21-39(32)59-2)54(49(55)58)25-27-19-36(51)45(62-5)42(20-27)61-4/h7-12,19-24,31,35,37H,6,13-18,25-26H2,1-5H3/t35-,37-/m1/s1. The molecular formula is C49H48F2N4O8S2. The summed E-state index contributed by atoms with van der Waals surface area (Å²) in [6, 6.07) is 20.0. The predicted octanol–water partition coefficient (Wildman–Crippen LogP) is 8.57. The maximum atomic E-state index is 15.3. The SMILES string of the molecule is CCOc1cc2c(cc1OC)C(c1ccc(C(=O)N3CCC(n4c(=O)c5sc(-c6ccc(F)cc6OC)cc5n(Cc5cc(F)c(OC)c(OC)c5)c4=O)CC3)cc1)=N[C@@H]1CCSC[C@H]21. The van der Waals surface area contributed by atoms with Crippen molar-refractivity contribution in [3.05, 3.63) is 133 Å². The lowest BCUT2D eigenvalue weighted by Crippen LogP contribution is -2.46. The number of ether oxygens (including phenoxy) is 5. The summed E-state index contributed by atoms with van der Waals surface area (Å²) in [6.45, 7) is 3.00. The summed E-state index contributed by atoms with van der Waals surface area (Å²) in [5.41, 5.74) is 4.73. The quantitative estimate of drug-likeness (QED) is 0.119. The lowest BCUT2D eigenvalue weighted by Gasteiger charge is -2.35. The zero-order valence-corrected chi connectivity index (χ0v) is 38.3. The molecule has 4 aromatic carbocycles. The van der Waals surface area contributed by atoms with Crippen LogP contribution < -0.4 is 34.9 Å². The molecule has 338 valence electrons. The minimum absolute atomic E-state index is 0.0731. The van der Waals surface area contributed by atoms with E-state index < -0.39 is 28.9 Å². The van der Waals surface area contributed by atoms with Gasteiger partial charge in [0.05, 0.1) is 58.9 Å². The number of amides is 1. The Kier molecular flexibility index (Phi) is 12.5. The number of nitrogens with zero attached hydrogens (tertiary/aromatic N) is 4. The number of fused-ring (bicyclic) bond motifs is 4. The first kappa shape index (κ1) is 44.1. The highest BCUT2D eigenvalue weighted by Gasteiger charge is 2.36. The van der Waals surface area contributed by atoms with E-state index in [4.69, 9.17) is 28.7 Å². The average Bonchev–Trinajstić information content (AvgIpc) is 3.78. The number of carbonyl (C=O) groups excluding carboxylic acids is 1. The number of aliphatic imine (C=N–C) groups is 1. The van der Waals surface area contributed by atoms with Crippen molar-refractivity contribution in [1.29, 1.82) is 0 Å². The second-order valence-corrected chi connectivity index (χ2v) is 18.4. The maximum absolute atomic E-state index is 15.3. The highest BCUT2D eigenvalue weighted by atomic mass is 32.2. The molecule has 0 spiro atoms. The number of piperidine rings is 1. The van der Waals surface area contributed by atoms with E-state index in [9.17, 15) is 18.8 Å². The van der Waals surface area contributed by atoms with Gasteiger partial charge in [0.1, 0.15) is 16.3 Å². The summed E-state index contributed by atoms with van der Waals surface area (Å²) < 4.78 is 60.3. The number of benzene rings is 4. The highest BCUT2D eigenvalue weighted by Crippen LogP contribution is 2.44. The van der Waals surface area contributed by atoms with Crippen molar-refractivity contribution in [3.8, 4) is 39.2 Å². The lowest BCUT2D eigenvalue weighted by molar-refractivity contribution is 0.0691. The van der Waals surface area contributed by atoms with Gasteiger partial charge >= 0.3 is 5.69 Å². The van der Waals surface area contributed by atoms with E-state index in [1.165, 1.54) is 54.2 Å². The molecular weight excluding hydrogens is 875 g/mol. The number of thiophene rings is 1. The lowest BCUT2D eigenvalue weighted by atomic mass is 9.81. The molecule has 0 aliphatic carbocycles. The van der Waals surface area contributed by atoms with Gasteiger partial charge in [-0.05, 0) is 97.7 Å². The van der Waals surface area contributed by atoms with E-state index in [-0.39, 0.29) is 41.7 Å². The molecule has 1 amide bonds. The zero-order chi connectivity index (χ0) is 45.5. The molecule has 0 N–H and O–H groups in total. The molecule has 0 unspecified atom stereocenters. The smallest absolute Gasteiger partial charge is 0.332 e. The van der Waals surface area contributed by atoms with Crippen molar-refractivity contribution in [2.75, 3.05) is 59.6 Å². The molecule has 2 aromatic heterocycles. The minimum Gasteiger partial charge on any atom is -0.496 e. The van der Waals surface area contributed by atoms with Crippen LogP contribution in [0.15, 0.2) is 87.4 Å². The van der Waals surface area contributed by atoms with Crippen LogP contribution >= 0.6 is 23.1 Å². The van der Waals surface area contributed by atoms with Crippen LogP contribution in [-0.4, -0.2) is 91.3 Å². The van der Waals surface area contributed by atoms with Gasteiger partial charge in [0.25, 0.3) is 11.5 Å². The first-order valence-corrected chi connectivity index (χ1v) is 23.5. The number of rotatable bonds is 12. The van der Waals surface area contributed by atoms with E-state index in [2.05, 4.69) is 6.07 Å². The summed E-state index contributed by atoms with van der Waals surface area (Å²) in [5, 5.41) is 0. The molecule has 5 heterocycles. The third-order valence-electron chi connectivity index (χ3n) is 12.5. The van der Waals surface area contributed by atoms with Crippen molar-refractivity contribution in [1.82, 2.24) is 14.0 Å². The topological polar surface area (TPSA) is 123 Å². The first-order valence-electron chi connectivity index (χ1n) is 21.5. The molecule has 2 saturated heterocycles. The number of carbonyl (C=O) groups is 1. The predicted molar refractivity (Wildman–Crippen MR) is 250 cm³/mol. The second-order valence-electron chi connectivity index (χ2n) is 16.2. The molecule has 3 aliphatic heterocycles. The van der Waals surface area contributed by atoms with Crippen molar-refractivity contribution in [3.63, 3.8) is 0 Å². The second kappa shape index (κ2) is 18.4. The largest absolute Gasteiger partial charge is 0.496 e. The summed E-state index contributed by atoms with van der Waals surface area (Å²) in [5.74, 6) is 2.71. The summed E-state index contributed by atoms with van der Waals surface area (Å²) in [6.07, 6.45) is 1.67. The van der Waals surface area contributed by atoms with Crippen molar-refractivity contribution in [2.24, 2.45) is 4.99 Å². The van der Waals surface area contributed by atoms with Crippen LogP contribution in [0.1, 0.15) is 70.8 Å². The third kappa shape index (κ3) is 8.15. The summed E-state index contributed by atoms with van der Waals surface area (Å²) >= 11 is 3.11. The highest BCUT2D eigenvalue weighted by molar-refractivity contribution is 7.99. The number of halogens is 2. The van der Waals surface area contributed by atoms with E-state index >= 15 is 4.39 Å². The molecule has 2 fully saturated rings. The molecule has 0 bridgehead atoms. The van der Waals surface area contributed by atoms with Gasteiger partial charge in [0.2, 0.25) is 0 Å². The Morgan fingerprint density at radius 2 is 1.57 bits per heavy atom. The molecule has 0 radical (unpaired) electrons. The number of methoxy groups -OCH3 is 4. The van der Waals surface area contributed by atoms with Crippen LogP contribution in [0.4, 0.5) is 8.78 Å². The maximum Gasteiger partial charge on any atom is 0.332 e. The normalized spacial score (nSPS) is 17.3. The van der Waals surface area contributed by atoms with E-state index in [1.807, 2.05) is 49.0 Å². The molecule has 6 aromatic rings. The number of likely N-dealkylation sites (tertiary alicyclic amines) is 1. The van der Waals surface area contributed by atoms with Crippen molar-refractivity contribution in [2.45, 2.75) is 50.7 Å². The van der Waals surface area contributed by atoms with Crippen LogP contribution in [0.25, 0.3) is 20.7 Å². The molecule has 65 heavy (non-hydrogen) atoms. The first-order chi connectivity index (χ1) is 31.5. The summed E-state index contributed by atoms with van der Waals surface area (Å²) in [7, 11) is 5.80. The Hall–Kier alpha value is -6.13. The van der Waals surface area contributed by atoms with Gasteiger partial charge < -0.3 is 28.6 Å². The van der Waals surface area contributed by atoms with E-state index in [0.717, 1.165) is 51.9 Å². The van der Waals surface area contributed by atoms with Gasteiger partial charge in [0.15, 0.2) is 28.8 Å². The van der Waals surface area contributed by atoms with Gasteiger partial charge in [-0.3, -0.25) is 23.7 Å². The molecule has 3 aliphatic rings. The van der Waals surface area contributed by atoms with Crippen LogP contribution in [0.3, 0.4) is 0 Å². The zero-order valence-electron chi connectivity index (χ0n) is 36.7. The van der Waals surface area contributed by atoms with Gasteiger partial charge in [0, 0.05) is 64.0 Å². The molecule has 9 rings (SSSR count). The molecule has 2 atom stereocenters. The fraction of sp³-hybridized carbons (Fsp3) is 0.347. The van der Waals surface area contributed by atoms with Crippen molar-refractivity contribution >= 4 is 44.9 Å². The molecule has 12 nitrogen and oxygen atoms in total. The molecule has 16 heteroatoms. The number of hydrogen-bond donors (Lipinski definition) is 0. The molecule has 0 saturated carbocycles. The van der Waals surface area contributed by atoms with Crippen LogP contribution in [0.5, 0.6) is 28.7 Å². The Morgan fingerprint density at radius 1 is 0.815 bits per heavy atom. The van der Waals surface area contributed by atoms with Crippen LogP contribution in [0, 0.1) is 11.6 Å². The average molecular weight is 923 g/mol. The Morgan fingerprint density at radius 3 is 2.28 bits per heavy atom. The fourth-order valence-corrected chi connectivity index (χ4v) is 11.7. The number of thioether (sulfide) groups is 1. The van der Waals surface area contributed by atoms with Gasteiger partial charge in [-0.2, -0.15) is 11.8 Å². The van der Waals surface area contributed by atoms with E-state index in [0.29, 0.717) is 70.1 Å². The van der Waals surface area contributed by atoms with Gasteiger partial charge in [-0.25, -0.2) is 13.6 Å². The van der Waals surface area contributed by atoms with Crippen molar-refractivity contribution < 1.29 is 37.3 Å². The Bertz CT molecular complexity index is 2960. The van der Waals surface area contributed by atoms with Gasteiger partial charge in [-0.15, -0.1) is 11.3 Å². The van der Waals surface area contributed by atoms with Crippen LogP contribution in [0.2, 0.25) is 0 Å². The van der Waals surface area contributed by atoms with Crippen LogP contribution in [-0.2, 0) is 6.54 Å². The van der Waals surface area contributed by atoms with E-state index in [1.54, 1.807) is 30.2 Å². The summed E-state index contributed by atoms with van der Waals surface area (Å²) in [4.78, 5) is 50.7. The monoisotopic (exact) mass is 922 g/mol. The number of aromatic nitrogens is 2. The number of hydrogen-bond acceptors (Lipinski definition) is 11. The third-order valence-corrected chi connectivity index (χ3v) is 14.8. The Balaban J connectivity index is 1.000. The van der Waals surface area contributed by atoms with Gasteiger partial charge in [-0.1, -0.05) is 12.1 Å². The minimum atomic E-state index is -0.671. The fourth-order valence-electron chi connectivity index (χ4n) is 9.33. The Labute approximate surface area is 382 Å².